The lowest BCUT2D eigenvalue weighted by Crippen LogP contribution is -2.45. The fourth-order valence-electron chi connectivity index (χ4n) is 3.11. The number of nitrogens with zero attached hydrogens (tertiary/aromatic N) is 3. The molecule has 0 aliphatic carbocycles. The van der Waals surface area contributed by atoms with E-state index in [-0.39, 0.29) is 24.7 Å². The van der Waals surface area contributed by atoms with Crippen LogP contribution in [0.2, 0.25) is 0 Å². The van der Waals surface area contributed by atoms with E-state index in [4.69, 9.17) is 0 Å². The lowest BCUT2D eigenvalue weighted by atomic mass is 10.0. The third kappa shape index (κ3) is 4.76. The monoisotopic (exact) mass is 358 g/mol. The number of halogens is 1. The lowest BCUT2D eigenvalue weighted by Gasteiger charge is -2.24. The Morgan fingerprint density at radius 1 is 1.38 bits per heavy atom. The number of hydrogen-bond donors (Lipinski definition) is 2. The zero-order valence-electron chi connectivity index (χ0n) is 14.8. The highest BCUT2D eigenvalue weighted by atomic mass is 19.1. The zero-order chi connectivity index (χ0) is 18.6. The van der Waals surface area contributed by atoms with Gasteiger partial charge in [0.05, 0.1) is 0 Å². The average molecular weight is 358 g/mol. The number of carbonyl (C=O) groups excluding carboxylic acids is 1. The first-order valence-corrected chi connectivity index (χ1v) is 8.71. The summed E-state index contributed by atoms with van der Waals surface area (Å²) < 4.78 is 13.1. The highest BCUT2D eigenvalue weighted by Gasteiger charge is 2.36. The summed E-state index contributed by atoms with van der Waals surface area (Å²) in [5.74, 6) is 0.327. The maximum Gasteiger partial charge on any atom is 0.220 e. The molecule has 0 radical (unpaired) electrons. The Bertz CT molecular complexity index is 786. The number of amides is 1. The molecule has 0 unspecified atom stereocenters. The van der Waals surface area contributed by atoms with E-state index in [1.807, 2.05) is 17.9 Å². The van der Waals surface area contributed by atoms with Crippen molar-refractivity contribution in [1.29, 1.82) is 0 Å². The predicted octanol–water partition coefficient (Wildman–Crippen LogP) is 1.61. The van der Waals surface area contributed by atoms with Crippen LogP contribution in [-0.2, 0) is 11.2 Å². The molecule has 2 N–H and O–H groups in total. The molecular formula is C19H23FN4O2. The number of carbonyl (C=O) groups is 1. The minimum Gasteiger partial charge on any atom is -0.386 e. The van der Waals surface area contributed by atoms with Gasteiger partial charge in [-0.1, -0.05) is 12.1 Å². The highest BCUT2D eigenvalue weighted by molar-refractivity contribution is 5.76. The van der Waals surface area contributed by atoms with E-state index in [1.54, 1.807) is 12.1 Å². The summed E-state index contributed by atoms with van der Waals surface area (Å²) in [6.07, 6.45) is 2.79. The van der Waals surface area contributed by atoms with Crippen molar-refractivity contribution < 1.29 is 14.3 Å². The quantitative estimate of drug-likeness (QED) is 0.820. The standard InChI is InChI=1S/C19H23FN4O2/c1-14-9-17(23-13-22-14)24-8-7-19(26,12-24)11-21-18(25)6-5-15-3-2-4-16(20)10-15/h2-4,9-10,13,26H,5-8,11-12H2,1H3,(H,21,25)/t19-/m1/s1. The predicted molar refractivity (Wildman–Crippen MR) is 96.3 cm³/mol. The second-order valence-corrected chi connectivity index (χ2v) is 6.82. The Morgan fingerprint density at radius 2 is 2.23 bits per heavy atom. The van der Waals surface area contributed by atoms with Gasteiger partial charge in [0, 0.05) is 37.8 Å². The van der Waals surface area contributed by atoms with Crippen LogP contribution in [0.3, 0.4) is 0 Å². The van der Waals surface area contributed by atoms with Gasteiger partial charge >= 0.3 is 0 Å². The number of aryl methyl sites for hydroxylation is 2. The van der Waals surface area contributed by atoms with Crippen LogP contribution in [0.5, 0.6) is 0 Å². The molecule has 3 rings (SSSR count). The summed E-state index contributed by atoms with van der Waals surface area (Å²) in [5.41, 5.74) is 0.675. The molecule has 1 aromatic carbocycles. The van der Waals surface area contributed by atoms with Crippen LogP contribution >= 0.6 is 0 Å². The van der Waals surface area contributed by atoms with Crippen molar-refractivity contribution in [2.45, 2.75) is 31.8 Å². The molecular weight excluding hydrogens is 335 g/mol. The zero-order valence-corrected chi connectivity index (χ0v) is 14.8. The van der Waals surface area contributed by atoms with Gasteiger partial charge in [0.15, 0.2) is 0 Å². The Morgan fingerprint density at radius 3 is 3.00 bits per heavy atom. The summed E-state index contributed by atoms with van der Waals surface area (Å²) in [5, 5.41) is 13.5. The van der Waals surface area contributed by atoms with Crippen LogP contribution in [-0.4, -0.2) is 46.2 Å². The Hall–Kier alpha value is -2.54. The minimum atomic E-state index is -0.979. The summed E-state index contributed by atoms with van der Waals surface area (Å²) in [6, 6.07) is 8.11. The van der Waals surface area contributed by atoms with E-state index in [2.05, 4.69) is 15.3 Å². The van der Waals surface area contributed by atoms with Gasteiger partial charge in [-0.15, -0.1) is 0 Å². The van der Waals surface area contributed by atoms with Crippen LogP contribution in [0.25, 0.3) is 0 Å². The Labute approximate surface area is 152 Å². The van der Waals surface area contributed by atoms with Crippen LogP contribution in [0.15, 0.2) is 36.7 Å². The molecule has 0 spiro atoms. The highest BCUT2D eigenvalue weighted by Crippen LogP contribution is 2.25. The topological polar surface area (TPSA) is 78.4 Å². The van der Waals surface area contributed by atoms with E-state index in [0.717, 1.165) is 17.1 Å². The number of benzene rings is 1. The van der Waals surface area contributed by atoms with Gasteiger partial charge in [-0.05, 0) is 37.5 Å². The summed E-state index contributed by atoms with van der Waals surface area (Å²) in [4.78, 5) is 22.4. The van der Waals surface area contributed by atoms with Gasteiger partial charge in [0.1, 0.15) is 23.6 Å². The number of aliphatic hydroxyl groups is 1. The normalized spacial score (nSPS) is 19.6. The SMILES string of the molecule is Cc1cc(N2CC[C@@](O)(CNC(=O)CCc3cccc(F)c3)C2)ncn1. The van der Waals surface area contributed by atoms with Gasteiger partial charge in [-0.2, -0.15) is 0 Å². The third-order valence-corrected chi connectivity index (χ3v) is 4.59. The van der Waals surface area contributed by atoms with Crippen molar-refractivity contribution >= 4 is 11.7 Å². The largest absolute Gasteiger partial charge is 0.386 e. The molecule has 138 valence electrons. The smallest absolute Gasteiger partial charge is 0.220 e. The molecule has 0 bridgehead atoms. The molecule has 2 aromatic rings. The molecule has 1 aliphatic heterocycles. The number of hydrogen-bond acceptors (Lipinski definition) is 5. The third-order valence-electron chi connectivity index (χ3n) is 4.59. The molecule has 1 atom stereocenters. The fraction of sp³-hybridized carbons (Fsp3) is 0.421. The van der Waals surface area contributed by atoms with Crippen molar-refractivity contribution in [3.05, 3.63) is 53.7 Å². The van der Waals surface area contributed by atoms with Gasteiger partial charge in [-0.3, -0.25) is 4.79 Å². The van der Waals surface area contributed by atoms with Crippen molar-refractivity contribution in [3.8, 4) is 0 Å². The van der Waals surface area contributed by atoms with Gasteiger partial charge in [0.25, 0.3) is 0 Å². The minimum absolute atomic E-state index is 0.154. The number of nitrogens with one attached hydrogen (secondary N) is 1. The van der Waals surface area contributed by atoms with Crippen molar-refractivity contribution in [2.75, 3.05) is 24.5 Å². The van der Waals surface area contributed by atoms with E-state index in [1.165, 1.54) is 18.5 Å². The molecule has 0 saturated carbocycles. The first-order chi connectivity index (χ1) is 12.4. The van der Waals surface area contributed by atoms with Crippen LogP contribution in [0.1, 0.15) is 24.1 Å². The molecule has 2 heterocycles. The van der Waals surface area contributed by atoms with E-state index < -0.39 is 5.60 Å². The fourth-order valence-corrected chi connectivity index (χ4v) is 3.11. The summed E-state index contributed by atoms with van der Waals surface area (Å²) in [7, 11) is 0. The Balaban J connectivity index is 1.47. The molecule has 7 heteroatoms. The first-order valence-electron chi connectivity index (χ1n) is 8.71. The van der Waals surface area contributed by atoms with Gasteiger partial charge in [-0.25, -0.2) is 14.4 Å². The van der Waals surface area contributed by atoms with Gasteiger partial charge < -0.3 is 15.3 Å². The van der Waals surface area contributed by atoms with Crippen LogP contribution in [0, 0.1) is 12.7 Å². The second kappa shape index (κ2) is 7.78. The van der Waals surface area contributed by atoms with E-state index in [9.17, 15) is 14.3 Å². The number of anilines is 1. The summed E-state index contributed by atoms with van der Waals surface area (Å²) >= 11 is 0. The van der Waals surface area contributed by atoms with E-state index in [0.29, 0.717) is 25.9 Å². The maximum atomic E-state index is 13.1. The number of β-amino-alcohol motifs (C(OH)–C–C–N with tert-alkyl or cyclic N) is 1. The molecule has 1 saturated heterocycles. The van der Waals surface area contributed by atoms with Crippen molar-refractivity contribution in [3.63, 3.8) is 0 Å². The number of aromatic nitrogens is 2. The molecule has 6 nitrogen and oxygen atoms in total. The summed E-state index contributed by atoms with van der Waals surface area (Å²) in [6.45, 7) is 3.17. The van der Waals surface area contributed by atoms with Crippen molar-refractivity contribution in [1.82, 2.24) is 15.3 Å². The molecule has 1 aliphatic rings. The molecule has 26 heavy (non-hydrogen) atoms. The van der Waals surface area contributed by atoms with Crippen LogP contribution < -0.4 is 10.2 Å². The second-order valence-electron chi connectivity index (χ2n) is 6.82. The first kappa shape index (κ1) is 18.3. The van der Waals surface area contributed by atoms with Crippen molar-refractivity contribution in [2.24, 2.45) is 0 Å². The molecule has 1 aromatic heterocycles. The Kier molecular flexibility index (Phi) is 5.46. The molecule has 1 fully saturated rings. The average Bonchev–Trinajstić information content (AvgIpc) is 3.01. The number of rotatable bonds is 6. The van der Waals surface area contributed by atoms with Crippen LogP contribution in [0.4, 0.5) is 10.2 Å². The molecule has 1 amide bonds. The van der Waals surface area contributed by atoms with E-state index >= 15 is 0 Å². The maximum absolute atomic E-state index is 13.1. The lowest BCUT2D eigenvalue weighted by molar-refractivity contribution is -0.122. The van der Waals surface area contributed by atoms with Gasteiger partial charge in [0.2, 0.25) is 5.91 Å².